The normalized spacial score (nSPS) is 12.0. The Balaban J connectivity index is 1.80. The van der Waals surface area contributed by atoms with Crippen molar-refractivity contribution in [3.05, 3.63) is 58.7 Å². The van der Waals surface area contributed by atoms with E-state index in [-0.39, 0.29) is 17.0 Å². The molecule has 0 unspecified atom stereocenters. The second-order valence-electron chi connectivity index (χ2n) is 6.35. The molecule has 138 valence electrons. The van der Waals surface area contributed by atoms with Crippen LogP contribution in [0.3, 0.4) is 0 Å². The van der Waals surface area contributed by atoms with Crippen LogP contribution in [0.15, 0.2) is 30.6 Å². The SMILES string of the molecule is CC(=O)c1c(C)[nH]c(C(=O)[C@@H](C)OC(=O)c2ccc3nccnc3c2)c1C. The summed E-state index contributed by atoms with van der Waals surface area (Å²) >= 11 is 0. The molecule has 0 radical (unpaired) electrons. The zero-order chi connectivity index (χ0) is 19.7. The second kappa shape index (κ2) is 7.11. The van der Waals surface area contributed by atoms with Crippen LogP contribution in [0, 0.1) is 13.8 Å². The molecule has 1 N–H and O–H groups in total. The number of hydrogen-bond donors (Lipinski definition) is 1. The van der Waals surface area contributed by atoms with E-state index >= 15 is 0 Å². The summed E-state index contributed by atoms with van der Waals surface area (Å²) in [6.07, 6.45) is 2.09. The number of aryl methyl sites for hydroxylation is 1. The van der Waals surface area contributed by atoms with Gasteiger partial charge in [0.25, 0.3) is 0 Å². The number of ether oxygens (including phenoxy) is 1. The quantitative estimate of drug-likeness (QED) is 0.550. The van der Waals surface area contributed by atoms with E-state index in [4.69, 9.17) is 4.74 Å². The number of Topliss-reactive ketones (excluding diaryl/α,β-unsaturated/α-hetero) is 2. The third-order valence-electron chi connectivity index (χ3n) is 4.39. The number of hydrogen-bond acceptors (Lipinski definition) is 6. The van der Waals surface area contributed by atoms with Crippen LogP contribution in [0.2, 0.25) is 0 Å². The molecule has 27 heavy (non-hydrogen) atoms. The van der Waals surface area contributed by atoms with Crippen molar-refractivity contribution in [1.82, 2.24) is 15.0 Å². The van der Waals surface area contributed by atoms with Crippen molar-refractivity contribution in [1.29, 1.82) is 0 Å². The Labute approximate surface area is 155 Å². The minimum atomic E-state index is -1.01. The number of benzene rings is 1. The highest BCUT2D eigenvalue weighted by atomic mass is 16.5. The fourth-order valence-electron chi connectivity index (χ4n) is 3.10. The van der Waals surface area contributed by atoms with Crippen LogP contribution in [-0.4, -0.2) is 38.6 Å². The van der Waals surface area contributed by atoms with E-state index in [1.54, 1.807) is 38.2 Å². The minimum Gasteiger partial charge on any atom is -0.451 e. The Bertz CT molecular complexity index is 1070. The van der Waals surface area contributed by atoms with Gasteiger partial charge in [-0.3, -0.25) is 19.6 Å². The number of rotatable bonds is 5. The van der Waals surface area contributed by atoms with Gasteiger partial charge >= 0.3 is 5.97 Å². The van der Waals surface area contributed by atoms with E-state index in [0.717, 1.165) is 0 Å². The summed E-state index contributed by atoms with van der Waals surface area (Å²) in [5.41, 5.74) is 3.46. The molecule has 7 nitrogen and oxygen atoms in total. The summed E-state index contributed by atoms with van der Waals surface area (Å²) in [5.74, 6) is -1.14. The molecule has 0 amide bonds. The van der Waals surface area contributed by atoms with E-state index in [2.05, 4.69) is 15.0 Å². The molecule has 1 atom stereocenters. The number of nitrogens with one attached hydrogen (secondary N) is 1. The van der Waals surface area contributed by atoms with Gasteiger partial charge in [-0.1, -0.05) is 0 Å². The van der Waals surface area contributed by atoms with Crippen molar-refractivity contribution < 1.29 is 19.1 Å². The summed E-state index contributed by atoms with van der Waals surface area (Å²) in [4.78, 5) is 48.1. The Morgan fingerprint density at radius 1 is 1.07 bits per heavy atom. The predicted molar refractivity (Wildman–Crippen MR) is 99.0 cm³/mol. The highest BCUT2D eigenvalue weighted by Crippen LogP contribution is 2.21. The van der Waals surface area contributed by atoms with Crippen molar-refractivity contribution in [2.45, 2.75) is 33.8 Å². The van der Waals surface area contributed by atoms with Gasteiger partial charge in [-0.15, -0.1) is 0 Å². The van der Waals surface area contributed by atoms with Crippen molar-refractivity contribution in [2.24, 2.45) is 0 Å². The van der Waals surface area contributed by atoms with Crippen molar-refractivity contribution >= 4 is 28.6 Å². The summed E-state index contributed by atoms with van der Waals surface area (Å²) in [5, 5.41) is 0. The monoisotopic (exact) mass is 365 g/mol. The molecule has 0 saturated carbocycles. The molecule has 1 aromatic carbocycles. The molecule has 2 aromatic heterocycles. The van der Waals surface area contributed by atoms with E-state index in [0.29, 0.717) is 27.9 Å². The lowest BCUT2D eigenvalue weighted by Crippen LogP contribution is -2.25. The van der Waals surface area contributed by atoms with E-state index in [1.807, 2.05) is 0 Å². The van der Waals surface area contributed by atoms with Crippen LogP contribution in [0.1, 0.15) is 56.3 Å². The average molecular weight is 365 g/mol. The second-order valence-corrected chi connectivity index (χ2v) is 6.35. The summed E-state index contributed by atoms with van der Waals surface area (Å²) in [7, 11) is 0. The number of carbonyl (C=O) groups is 3. The Morgan fingerprint density at radius 3 is 2.37 bits per heavy atom. The van der Waals surface area contributed by atoms with Crippen LogP contribution in [0.4, 0.5) is 0 Å². The van der Waals surface area contributed by atoms with Crippen LogP contribution < -0.4 is 0 Å². The lowest BCUT2D eigenvalue weighted by atomic mass is 10.0. The maximum absolute atomic E-state index is 12.7. The maximum atomic E-state index is 12.7. The molecule has 0 spiro atoms. The van der Waals surface area contributed by atoms with E-state index in [1.165, 1.54) is 20.0 Å². The molecule has 3 rings (SSSR count). The van der Waals surface area contributed by atoms with Gasteiger partial charge in [0.05, 0.1) is 22.3 Å². The molecule has 0 saturated heterocycles. The number of ketones is 2. The van der Waals surface area contributed by atoms with Gasteiger partial charge in [-0.2, -0.15) is 0 Å². The van der Waals surface area contributed by atoms with Crippen molar-refractivity contribution in [3.8, 4) is 0 Å². The lowest BCUT2D eigenvalue weighted by molar-refractivity contribution is 0.0317. The Morgan fingerprint density at radius 2 is 1.74 bits per heavy atom. The van der Waals surface area contributed by atoms with Crippen LogP contribution in [0.25, 0.3) is 11.0 Å². The first-order chi connectivity index (χ1) is 12.8. The number of carbonyl (C=O) groups excluding carboxylic acids is 3. The Hall–Kier alpha value is -3.35. The summed E-state index contributed by atoms with van der Waals surface area (Å²) in [6, 6.07) is 4.82. The Kier molecular flexibility index (Phi) is 4.85. The number of nitrogens with zero attached hydrogens (tertiary/aromatic N) is 2. The smallest absolute Gasteiger partial charge is 0.338 e. The van der Waals surface area contributed by atoms with Crippen LogP contribution in [-0.2, 0) is 4.74 Å². The topological polar surface area (TPSA) is 102 Å². The molecule has 0 aliphatic rings. The molecule has 0 fully saturated rings. The van der Waals surface area contributed by atoms with Gasteiger partial charge in [0, 0.05) is 23.7 Å². The molecule has 0 bridgehead atoms. The average Bonchev–Trinajstić information content (AvgIpc) is 2.94. The van der Waals surface area contributed by atoms with Gasteiger partial charge in [-0.25, -0.2) is 4.79 Å². The van der Waals surface area contributed by atoms with Gasteiger partial charge in [0.1, 0.15) is 0 Å². The van der Waals surface area contributed by atoms with Crippen LogP contribution in [0.5, 0.6) is 0 Å². The summed E-state index contributed by atoms with van der Waals surface area (Å²) in [6.45, 7) is 6.38. The fourth-order valence-corrected chi connectivity index (χ4v) is 3.10. The lowest BCUT2D eigenvalue weighted by Gasteiger charge is -2.12. The molecule has 7 heteroatoms. The van der Waals surface area contributed by atoms with E-state index < -0.39 is 17.9 Å². The zero-order valence-electron chi connectivity index (χ0n) is 15.5. The molecule has 2 heterocycles. The maximum Gasteiger partial charge on any atom is 0.338 e. The summed E-state index contributed by atoms with van der Waals surface area (Å²) < 4.78 is 5.32. The van der Waals surface area contributed by atoms with Crippen LogP contribution >= 0.6 is 0 Å². The van der Waals surface area contributed by atoms with Crippen molar-refractivity contribution in [3.63, 3.8) is 0 Å². The first-order valence-corrected chi connectivity index (χ1v) is 8.45. The highest BCUT2D eigenvalue weighted by Gasteiger charge is 2.26. The minimum absolute atomic E-state index is 0.123. The molecule has 0 aliphatic heterocycles. The predicted octanol–water partition coefficient (Wildman–Crippen LogP) is 3.21. The number of aromatic amines is 1. The van der Waals surface area contributed by atoms with Gasteiger partial charge < -0.3 is 9.72 Å². The third-order valence-corrected chi connectivity index (χ3v) is 4.39. The molecule has 3 aromatic rings. The first kappa shape index (κ1) is 18.4. The van der Waals surface area contributed by atoms with E-state index in [9.17, 15) is 14.4 Å². The van der Waals surface area contributed by atoms with Gasteiger partial charge in [0.15, 0.2) is 11.9 Å². The standard InChI is InChI=1S/C20H19N3O4/c1-10-17(12(3)24)11(2)23-18(10)19(25)13(4)27-20(26)14-5-6-15-16(9-14)22-8-7-21-15/h5-9,13,23H,1-4H3/t13-/m1/s1. The molecule has 0 aliphatic carbocycles. The fraction of sp³-hybridized carbons (Fsp3) is 0.250. The zero-order valence-corrected chi connectivity index (χ0v) is 15.5. The first-order valence-electron chi connectivity index (χ1n) is 8.45. The molecular formula is C20H19N3O4. The number of H-pyrrole nitrogens is 1. The van der Waals surface area contributed by atoms with Gasteiger partial charge in [0.2, 0.25) is 5.78 Å². The highest BCUT2D eigenvalue weighted by molar-refractivity contribution is 6.05. The van der Waals surface area contributed by atoms with Gasteiger partial charge in [-0.05, 0) is 51.5 Å². The number of esters is 1. The molecular weight excluding hydrogens is 346 g/mol. The number of aromatic nitrogens is 3. The third kappa shape index (κ3) is 3.48. The number of fused-ring (bicyclic) bond motifs is 1. The largest absolute Gasteiger partial charge is 0.451 e. The van der Waals surface area contributed by atoms with Crippen molar-refractivity contribution in [2.75, 3.05) is 0 Å².